The van der Waals surface area contributed by atoms with Crippen molar-refractivity contribution in [1.82, 2.24) is 10.3 Å². The van der Waals surface area contributed by atoms with Crippen molar-refractivity contribution in [1.29, 1.82) is 0 Å². The minimum atomic E-state index is -0.357. The molecule has 0 bridgehead atoms. The predicted octanol–water partition coefficient (Wildman–Crippen LogP) is 4.29. The summed E-state index contributed by atoms with van der Waals surface area (Å²) >= 11 is 18.0. The normalized spacial score (nSPS) is 11.7. The molecule has 0 saturated carbocycles. The number of methoxy groups -OCH3 is 1. The van der Waals surface area contributed by atoms with Crippen LogP contribution < -0.4 is 16.0 Å². The lowest BCUT2D eigenvalue weighted by Crippen LogP contribution is -2.39. The van der Waals surface area contributed by atoms with Gasteiger partial charge in [-0.2, -0.15) is 0 Å². The number of hydrogen-bond acceptors (Lipinski definition) is 4. The second-order valence-electron chi connectivity index (χ2n) is 5.06. The number of anilines is 2. The number of rotatable bonds is 7. The zero-order valence-corrected chi connectivity index (χ0v) is 15.6. The molecule has 0 aliphatic rings. The van der Waals surface area contributed by atoms with Crippen molar-refractivity contribution in [2.24, 2.45) is 0 Å². The quantitative estimate of drug-likeness (QED) is 0.644. The van der Waals surface area contributed by atoms with E-state index in [4.69, 9.17) is 39.5 Å². The van der Waals surface area contributed by atoms with Crippen LogP contribution in [0.4, 0.5) is 16.2 Å². The molecule has 0 radical (unpaired) electrons. The summed E-state index contributed by atoms with van der Waals surface area (Å²) in [4.78, 5) is 15.8. The highest BCUT2D eigenvalue weighted by molar-refractivity contribution is 6.38. The molecule has 9 heteroatoms. The molecule has 1 aromatic heterocycles. The Balaban J connectivity index is 1.82. The van der Waals surface area contributed by atoms with E-state index in [9.17, 15) is 4.79 Å². The van der Waals surface area contributed by atoms with Crippen LogP contribution in [0.2, 0.25) is 15.1 Å². The molecule has 2 aromatic rings. The van der Waals surface area contributed by atoms with Gasteiger partial charge in [-0.1, -0.05) is 40.9 Å². The van der Waals surface area contributed by atoms with E-state index in [1.54, 1.807) is 31.4 Å². The van der Waals surface area contributed by atoms with Crippen molar-refractivity contribution >= 4 is 52.2 Å². The van der Waals surface area contributed by atoms with E-state index in [1.807, 2.05) is 0 Å². The lowest BCUT2D eigenvalue weighted by Gasteiger charge is -2.18. The van der Waals surface area contributed by atoms with Crippen LogP contribution in [0.15, 0.2) is 36.7 Å². The van der Waals surface area contributed by atoms with Crippen molar-refractivity contribution in [3.8, 4) is 0 Å². The SMILES string of the molecule is COC(CNC(=O)Nc1cccc(Cl)c1)CNc1c(Cl)cncc1Cl. The molecule has 1 heterocycles. The summed E-state index contributed by atoms with van der Waals surface area (Å²) in [6.07, 6.45) is 2.70. The molecule has 6 nitrogen and oxygen atoms in total. The highest BCUT2D eigenvalue weighted by atomic mass is 35.5. The van der Waals surface area contributed by atoms with Gasteiger partial charge in [0.2, 0.25) is 0 Å². The maximum absolute atomic E-state index is 11.9. The molecule has 25 heavy (non-hydrogen) atoms. The molecule has 0 aliphatic heterocycles. The molecular formula is C16H17Cl3N4O2. The van der Waals surface area contributed by atoms with E-state index >= 15 is 0 Å². The summed E-state index contributed by atoms with van der Waals surface area (Å²) < 4.78 is 5.34. The number of carbonyl (C=O) groups excluding carboxylic acids is 1. The first-order chi connectivity index (χ1) is 12.0. The standard InChI is InChI=1S/C16H17Cl3N4O2/c1-25-12(6-21-15-13(18)8-20-9-14(15)19)7-22-16(24)23-11-4-2-3-10(17)5-11/h2-5,8-9,12H,6-7H2,1H3,(H,20,21)(H2,22,23,24). The van der Waals surface area contributed by atoms with Crippen LogP contribution in [0.1, 0.15) is 0 Å². The average molecular weight is 404 g/mol. The predicted molar refractivity (Wildman–Crippen MR) is 102 cm³/mol. The second-order valence-corrected chi connectivity index (χ2v) is 6.31. The molecule has 134 valence electrons. The summed E-state index contributed by atoms with van der Waals surface area (Å²) in [6.45, 7) is 0.688. The molecular weight excluding hydrogens is 387 g/mol. The lowest BCUT2D eigenvalue weighted by atomic mass is 10.3. The van der Waals surface area contributed by atoms with Gasteiger partial charge in [0.25, 0.3) is 0 Å². The number of amides is 2. The van der Waals surface area contributed by atoms with Crippen molar-refractivity contribution < 1.29 is 9.53 Å². The minimum Gasteiger partial charge on any atom is -0.380 e. The topological polar surface area (TPSA) is 75.3 Å². The van der Waals surface area contributed by atoms with Gasteiger partial charge >= 0.3 is 6.03 Å². The van der Waals surface area contributed by atoms with Gasteiger partial charge in [0, 0.05) is 43.3 Å². The first-order valence-electron chi connectivity index (χ1n) is 7.35. The number of carbonyl (C=O) groups is 1. The summed E-state index contributed by atoms with van der Waals surface area (Å²) in [7, 11) is 1.55. The monoisotopic (exact) mass is 402 g/mol. The van der Waals surface area contributed by atoms with Crippen molar-refractivity contribution in [3.05, 3.63) is 51.7 Å². The van der Waals surface area contributed by atoms with E-state index in [2.05, 4.69) is 20.9 Å². The Morgan fingerprint density at radius 3 is 2.56 bits per heavy atom. The van der Waals surface area contributed by atoms with E-state index < -0.39 is 0 Å². The van der Waals surface area contributed by atoms with Crippen LogP contribution in [-0.4, -0.2) is 37.3 Å². The molecule has 1 aromatic carbocycles. The Hall–Kier alpha value is -1.73. The number of hydrogen-bond donors (Lipinski definition) is 3. The third kappa shape index (κ3) is 6.25. The fourth-order valence-electron chi connectivity index (χ4n) is 1.98. The highest BCUT2D eigenvalue weighted by Crippen LogP contribution is 2.28. The fourth-order valence-corrected chi connectivity index (χ4v) is 2.67. The number of urea groups is 1. The van der Waals surface area contributed by atoms with Gasteiger partial charge in [-0.15, -0.1) is 0 Å². The Kier molecular flexibility index (Phi) is 7.58. The molecule has 0 fully saturated rings. The van der Waals surface area contributed by atoms with E-state index in [1.165, 1.54) is 12.4 Å². The maximum Gasteiger partial charge on any atom is 0.319 e. The summed E-state index contributed by atoms with van der Waals surface area (Å²) in [5.74, 6) is 0. The molecule has 0 aliphatic carbocycles. The van der Waals surface area contributed by atoms with E-state index in [0.717, 1.165) is 0 Å². The molecule has 0 spiro atoms. The zero-order chi connectivity index (χ0) is 18.2. The first kappa shape index (κ1) is 19.6. The summed E-state index contributed by atoms with van der Waals surface area (Å²) in [6, 6.07) is 6.52. The smallest absolute Gasteiger partial charge is 0.319 e. The number of nitrogens with zero attached hydrogens (tertiary/aromatic N) is 1. The largest absolute Gasteiger partial charge is 0.380 e. The van der Waals surface area contributed by atoms with Gasteiger partial charge in [0.05, 0.1) is 21.8 Å². The van der Waals surface area contributed by atoms with Crippen molar-refractivity contribution in [2.45, 2.75) is 6.10 Å². The third-order valence-corrected chi connectivity index (χ3v) is 4.07. The van der Waals surface area contributed by atoms with Crippen LogP contribution in [0.3, 0.4) is 0 Å². The number of ether oxygens (including phenoxy) is 1. The first-order valence-corrected chi connectivity index (χ1v) is 8.49. The molecule has 1 atom stereocenters. The van der Waals surface area contributed by atoms with Gasteiger partial charge in [-0.05, 0) is 18.2 Å². The van der Waals surface area contributed by atoms with Crippen LogP contribution in [0.25, 0.3) is 0 Å². The molecule has 2 rings (SSSR count). The van der Waals surface area contributed by atoms with Gasteiger partial charge in [-0.25, -0.2) is 4.79 Å². The van der Waals surface area contributed by atoms with Crippen molar-refractivity contribution in [3.63, 3.8) is 0 Å². The van der Waals surface area contributed by atoms with E-state index in [0.29, 0.717) is 33.0 Å². The van der Waals surface area contributed by atoms with E-state index in [-0.39, 0.29) is 18.7 Å². The Labute approximate surface area is 160 Å². The molecule has 0 saturated heterocycles. The molecule has 2 amide bonds. The molecule has 1 unspecified atom stereocenters. The van der Waals surface area contributed by atoms with Crippen LogP contribution in [-0.2, 0) is 4.74 Å². The number of benzene rings is 1. The highest BCUT2D eigenvalue weighted by Gasteiger charge is 2.12. The average Bonchev–Trinajstić information content (AvgIpc) is 2.57. The summed E-state index contributed by atoms with van der Waals surface area (Å²) in [5, 5.41) is 9.89. The number of nitrogens with one attached hydrogen (secondary N) is 3. The Bertz CT molecular complexity index is 710. The van der Waals surface area contributed by atoms with Gasteiger partial charge in [-0.3, -0.25) is 4.98 Å². The summed E-state index contributed by atoms with van der Waals surface area (Å²) in [5.41, 5.74) is 1.18. The van der Waals surface area contributed by atoms with Crippen LogP contribution in [0.5, 0.6) is 0 Å². The number of halogens is 3. The van der Waals surface area contributed by atoms with Crippen LogP contribution >= 0.6 is 34.8 Å². The molecule has 3 N–H and O–H groups in total. The van der Waals surface area contributed by atoms with Gasteiger partial charge < -0.3 is 20.7 Å². The van der Waals surface area contributed by atoms with Gasteiger partial charge in [0.1, 0.15) is 0 Å². The minimum absolute atomic E-state index is 0.287. The number of pyridine rings is 1. The third-order valence-electron chi connectivity index (χ3n) is 3.27. The zero-order valence-electron chi connectivity index (χ0n) is 13.4. The Morgan fingerprint density at radius 2 is 1.92 bits per heavy atom. The van der Waals surface area contributed by atoms with Crippen LogP contribution in [0, 0.1) is 0 Å². The second kappa shape index (κ2) is 9.68. The van der Waals surface area contributed by atoms with Gasteiger partial charge in [0.15, 0.2) is 0 Å². The van der Waals surface area contributed by atoms with Crippen molar-refractivity contribution in [2.75, 3.05) is 30.8 Å². The Morgan fingerprint density at radius 1 is 1.20 bits per heavy atom. The lowest BCUT2D eigenvalue weighted by molar-refractivity contribution is 0.114. The fraction of sp³-hybridized carbons (Fsp3) is 0.250. The number of aromatic nitrogens is 1. The maximum atomic E-state index is 11.9.